The lowest BCUT2D eigenvalue weighted by Gasteiger charge is -2.37. The molecule has 4 atom stereocenters. The van der Waals surface area contributed by atoms with Gasteiger partial charge in [0.2, 0.25) is 0 Å². The van der Waals surface area contributed by atoms with E-state index in [1.807, 2.05) is 0 Å². The van der Waals surface area contributed by atoms with Crippen molar-refractivity contribution in [1.82, 2.24) is 0 Å². The van der Waals surface area contributed by atoms with E-state index in [4.69, 9.17) is 9.47 Å². The van der Waals surface area contributed by atoms with Crippen molar-refractivity contribution in [2.45, 2.75) is 64.6 Å². The quantitative estimate of drug-likeness (QED) is 0.734. The third kappa shape index (κ3) is 2.98. The monoisotopic (exact) mass is 226 g/mol. The molecule has 0 aromatic carbocycles. The van der Waals surface area contributed by atoms with Gasteiger partial charge in [-0.3, -0.25) is 0 Å². The number of ether oxygens (including phenoxy) is 2. The Labute approximate surface area is 99.7 Å². The Kier molecular flexibility index (Phi) is 4.66. The lowest BCUT2D eigenvalue weighted by molar-refractivity contribution is -0.102. The zero-order valence-electron chi connectivity index (χ0n) is 10.8. The SMILES string of the molecule is CCC1CCC([C@H](C)C2CCCCO2)OC1. The first kappa shape index (κ1) is 12.4. The lowest BCUT2D eigenvalue weighted by Crippen LogP contribution is -2.38. The maximum absolute atomic E-state index is 6.02. The third-order valence-electron chi connectivity index (χ3n) is 4.37. The molecule has 2 nitrogen and oxygen atoms in total. The summed E-state index contributed by atoms with van der Waals surface area (Å²) in [4.78, 5) is 0. The second kappa shape index (κ2) is 6.02. The fraction of sp³-hybridized carbons (Fsp3) is 1.00. The molecule has 2 heteroatoms. The minimum absolute atomic E-state index is 0.450. The van der Waals surface area contributed by atoms with Crippen LogP contribution in [0.25, 0.3) is 0 Å². The standard InChI is InChI=1S/C14H26O2/c1-3-12-7-8-14(16-10-12)11(2)13-6-4-5-9-15-13/h11-14H,3-10H2,1-2H3/t11-,12?,13?,14?/m1/s1. The second-order valence-electron chi connectivity index (χ2n) is 5.49. The molecule has 3 unspecified atom stereocenters. The van der Waals surface area contributed by atoms with E-state index in [0.29, 0.717) is 18.1 Å². The van der Waals surface area contributed by atoms with E-state index < -0.39 is 0 Å². The van der Waals surface area contributed by atoms with Crippen molar-refractivity contribution in [3.8, 4) is 0 Å². The van der Waals surface area contributed by atoms with Gasteiger partial charge in [-0.1, -0.05) is 20.3 Å². The van der Waals surface area contributed by atoms with Gasteiger partial charge in [-0.15, -0.1) is 0 Å². The van der Waals surface area contributed by atoms with E-state index in [1.165, 1.54) is 38.5 Å². The molecule has 0 saturated carbocycles. The van der Waals surface area contributed by atoms with Crippen molar-refractivity contribution in [3.63, 3.8) is 0 Å². The summed E-state index contributed by atoms with van der Waals surface area (Å²) in [7, 11) is 0. The van der Waals surface area contributed by atoms with Gasteiger partial charge in [-0.2, -0.15) is 0 Å². The molecule has 2 aliphatic rings. The van der Waals surface area contributed by atoms with E-state index in [2.05, 4.69) is 13.8 Å². The van der Waals surface area contributed by atoms with Gasteiger partial charge in [0.25, 0.3) is 0 Å². The van der Waals surface area contributed by atoms with Crippen LogP contribution < -0.4 is 0 Å². The summed E-state index contributed by atoms with van der Waals surface area (Å²) in [6, 6.07) is 0. The number of rotatable bonds is 3. The molecular formula is C14H26O2. The highest BCUT2D eigenvalue weighted by Gasteiger charge is 2.31. The molecule has 0 aromatic heterocycles. The highest BCUT2D eigenvalue weighted by atomic mass is 16.5. The van der Waals surface area contributed by atoms with Gasteiger partial charge in [-0.05, 0) is 38.0 Å². The zero-order valence-corrected chi connectivity index (χ0v) is 10.8. The first-order chi connectivity index (χ1) is 7.81. The minimum atomic E-state index is 0.450. The molecule has 0 bridgehead atoms. The van der Waals surface area contributed by atoms with Crippen molar-refractivity contribution in [1.29, 1.82) is 0 Å². The Balaban J connectivity index is 1.78. The molecule has 2 rings (SSSR count). The third-order valence-corrected chi connectivity index (χ3v) is 4.37. The molecule has 2 heterocycles. The van der Waals surface area contributed by atoms with Gasteiger partial charge in [-0.25, -0.2) is 0 Å². The molecule has 2 fully saturated rings. The highest BCUT2D eigenvalue weighted by Crippen LogP contribution is 2.30. The van der Waals surface area contributed by atoms with Crippen LogP contribution in [0, 0.1) is 11.8 Å². The lowest BCUT2D eigenvalue weighted by atomic mass is 9.86. The number of hydrogen-bond donors (Lipinski definition) is 0. The normalized spacial score (nSPS) is 38.2. The van der Waals surface area contributed by atoms with Crippen molar-refractivity contribution in [2.75, 3.05) is 13.2 Å². The van der Waals surface area contributed by atoms with Crippen molar-refractivity contribution in [2.24, 2.45) is 11.8 Å². The largest absolute Gasteiger partial charge is 0.378 e. The smallest absolute Gasteiger partial charge is 0.0625 e. The Morgan fingerprint density at radius 2 is 1.88 bits per heavy atom. The van der Waals surface area contributed by atoms with Crippen molar-refractivity contribution < 1.29 is 9.47 Å². The summed E-state index contributed by atoms with van der Waals surface area (Å²) in [6.07, 6.45) is 8.56. The Hall–Kier alpha value is -0.0800. The van der Waals surface area contributed by atoms with Gasteiger partial charge in [0.15, 0.2) is 0 Å². The first-order valence-corrected chi connectivity index (χ1v) is 7.04. The summed E-state index contributed by atoms with van der Waals surface area (Å²) in [5.74, 6) is 1.38. The van der Waals surface area contributed by atoms with Gasteiger partial charge in [0.05, 0.1) is 12.2 Å². The second-order valence-corrected chi connectivity index (χ2v) is 5.49. The molecule has 0 aromatic rings. The highest BCUT2D eigenvalue weighted by molar-refractivity contribution is 4.80. The molecule has 2 aliphatic heterocycles. The summed E-state index contributed by atoms with van der Waals surface area (Å²) in [6.45, 7) is 6.51. The van der Waals surface area contributed by atoms with Crippen LogP contribution in [-0.4, -0.2) is 25.4 Å². The van der Waals surface area contributed by atoms with Gasteiger partial charge in [0, 0.05) is 19.1 Å². The van der Waals surface area contributed by atoms with E-state index in [9.17, 15) is 0 Å². The fourth-order valence-corrected chi connectivity index (χ4v) is 2.98. The topological polar surface area (TPSA) is 18.5 Å². The molecule has 0 radical (unpaired) electrons. The first-order valence-electron chi connectivity index (χ1n) is 7.04. The molecule has 0 amide bonds. The molecule has 94 valence electrons. The Morgan fingerprint density at radius 1 is 1.06 bits per heavy atom. The summed E-state index contributed by atoms with van der Waals surface area (Å²) < 4.78 is 11.9. The van der Waals surface area contributed by atoms with Crippen LogP contribution in [0.5, 0.6) is 0 Å². The maximum atomic E-state index is 6.02. The van der Waals surface area contributed by atoms with Gasteiger partial charge in [0.1, 0.15) is 0 Å². The van der Waals surface area contributed by atoms with E-state index in [-0.39, 0.29) is 0 Å². The van der Waals surface area contributed by atoms with E-state index in [1.54, 1.807) is 0 Å². The Morgan fingerprint density at radius 3 is 2.44 bits per heavy atom. The zero-order chi connectivity index (χ0) is 11.4. The molecule has 0 aliphatic carbocycles. The molecular weight excluding hydrogens is 200 g/mol. The molecule has 16 heavy (non-hydrogen) atoms. The average Bonchev–Trinajstić information content (AvgIpc) is 2.39. The minimum Gasteiger partial charge on any atom is -0.378 e. The maximum Gasteiger partial charge on any atom is 0.0625 e. The molecule has 0 spiro atoms. The van der Waals surface area contributed by atoms with Crippen LogP contribution in [0.1, 0.15) is 52.4 Å². The van der Waals surface area contributed by atoms with Crippen molar-refractivity contribution in [3.05, 3.63) is 0 Å². The predicted molar refractivity (Wildman–Crippen MR) is 65.5 cm³/mol. The van der Waals surface area contributed by atoms with E-state index >= 15 is 0 Å². The number of hydrogen-bond acceptors (Lipinski definition) is 2. The van der Waals surface area contributed by atoms with Crippen molar-refractivity contribution >= 4 is 0 Å². The van der Waals surface area contributed by atoms with Crippen LogP contribution >= 0.6 is 0 Å². The van der Waals surface area contributed by atoms with Crippen LogP contribution in [-0.2, 0) is 9.47 Å². The molecule has 2 saturated heterocycles. The summed E-state index contributed by atoms with van der Waals surface area (Å²) in [5.41, 5.74) is 0. The fourth-order valence-electron chi connectivity index (χ4n) is 2.98. The van der Waals surface area contributed by atoms with Crippen LogP contribution in [0.4, 0.5) is 0 Å². The van der Waals surface area contributed by atoms with Gasteiger partial charge < -0.3 is 9.47 Å². The predicted octanol–water partition coefficient (Wildman–Crippen LogP) is 3.40. The van der Waals surface area contributed by atoms with Crippen LogP contribution in [0.3, 0.4) is 0 Å². The van der Waals surface area contributed by atoms with Gasteiger partial charge >= 0.3 is 0 Å². The summed E-state index contributed by atoms with van der Waals surface area (Å²) in [5, 5.41) is 0. The Bertz CT molecular complexity index is 191. The van der Waals surface area contributed by atoms with Crippen LogP contribution in [0.2, 0.25) is 0 Å². The summed E-state index contributed by atoms with van der Waals surface area (Å²) >= 11 is 0. The molecule has 0 N–H and O–H groups in total. The van der Waals surface area contributed by atoms with Crippen LogP contribution in [0.15, 0.2) is 0 Å². The average molecular weight is 226 g/mol. The van der Waals surface area contributed by atoms with E-state index in [0.717, 1.165) is 19.1 Å².